The van der Waals surface area contributed by atoms with Gasteiger partial charge in [-0.15, -0.1) is 0 Å². The number of nitrogens with zero attached hydrogens (tertiary/aromatic N) is 2. The Balaban J connectivity index is 2.37. The predicted molar refractivity (Wildman–Crippen MR) is 72.0 cm³/mol. The standard InChI is InChI=1S/C12H7BrN2OSe/c13-10-3-1-2-9-11(10)17-15(12(9)16)8-4-6-14-7-5-8/h1-7H. The monoisotopic (exact) mass is 354 g/mol. The Kier molecular flexibility index (Phi) is 2.74. The van der Waals surface area contributed by atoms with E-state index in [0.717, 1.165) is 19.8 Å². The quantitative estimate of drug-likeness (QED) is 0.628. The van der Waals surface area contributed by atoms with E-state index in [1.807, 2.05) is 33.9 Å². The van der Waals surface area contributed by atoms with Crippen LogP contribution in [0.15, 0.2) is 52.0 Å². The summed E-state index contributed by atoms with van der Waals surface area (Å²) in [6, 6.07) is 9.47. The molecule has 84 valence electrons. The van der Waals surface area contributed by atoms with Crippen molar-refractivity contribution in [1.29, 1.82) is 0 Å². The van der Waals surface area contributed by atoms with Gasteiger partial charge < -0.3 is 0 Å². The van der Waals surface area contributed by atoms with Crippen LogP contribution in [-0.4, -0.2) is 23.3 Å². The van der Waals surface area contributed by atoms with Crippen LogP contribution in [0.25, 0.3) is 15.3 Å². The number of hydrogen-bond donors (Lipinski definition) is 0. The summed E-state index contributed by atoms with van der Waals surface area (Å²) < 4.78 is 3.95. The predicted octanol–water partition coefficient (Wildman–Crippen LogP) is 2.21. The molecule has 0 saturated carbocycles. The summed E-state index contributed by atoms with van der Waals surface area (Å²) in [7, 11) is 0. The second kappa shape index (κ2) is 4.26. The van der Waals surface area contributed by atoms with Crippen molar-refractivity contribution in [2.45, 2.75) is 0 Å². The first-order valence-electron chi connectivity index (χ1n) is 4.98. The molecule has 0 aliphatic rings. The van der Waals surface area contributed by atoms with Crippen molar-refractivity contribution in [3.05, 3.63) is 57.6 Å². The Labute approximate surface area is 112 Å². The minimum atomic E-state index is -0.00609. The molecule has 1 aromatic carbocycles. The van der Waals surface area contributed by atoms with Gasteiger partial charge in [0, 0.05) is 0 Å². The molecule has 0 unspecified atom stereocenters. The van der Waals surface area contributed by atoms with Crippen molar-refractivity contribution >= 4 is 40.3 Å². The van der Waals surface area contributed by atoms with Crippen molar-refractivity contribution in [3.63, 3.8) is 0 Å². The summed E-state index contributed by atoms with van der Waals surface area (Å²) in [5.41, 5.74) is 0.987. The van der Waals surface area contributed by atoms with E-state index in [2.05, 4.69) is 20.9 Å². The van der Waals surface area contributed by atoms with Crippen LogP contribution in [0.1, 0.15) is 0 Å². The Morgan fingerprint density at radius 2 is 1.94 bits per heavy atom. The molecule has 0 spiro atoms. The number of rotatable bonds is 1. The van der Waals surface area contributed by atoms with Gasteiger partial charge in [0.1, 0.15) is 0 Å². The van der Waals surface area contributed by atoms with E-state index in [-0.39, 0.29) is 20.3 Å². The maximum atomic E-state index is 12.2. The first-order chi connectivity index (χ1) is 8.27. The van der Waals surface area contributed by atoms with Crippen LogP contribution in [0.2, 0.25) is 0 Å². The van der Waals surface area contributed by atoms with Gasteiger partial charge in [0.05, 0.1) is 0 Å². The first-order valence-corrected chi connectivity index (χ1v) is 7.40. The number of hydrogen-bond acceptors (Lipinski definition) is 2. The average Bonchev–Trinajstić information content (AvgIpc) is 2.70. The zero-order valence-corrected chi connectivity index (χ0v) is 11.9. The van der Waals surface area contributed by atoms with E-state index in [9.17, 15) is 4.79 Å². The van der Waals surface area contributed by atoms with Crippen molar-refractivity contribution in [2.75, 3.05) is 0 Å². The summed E-state index contributed by atoms with van der Waals surface area (Å²) in [5.74, 6) is 0. The molecule has 2 heterocycles. The summed E-state index contributed by atoms with van der Waals surface area (Å²) in [6.45, 7) is 0. The Hall–Kier alpha value is -1.16. The Morgan fingerprint density at radius 1 is 1.18 bits per heavy atom. The molecule has 0 aliphatic heterocycles. The Morgan fingerprint density at radius 3 is 2.65 bits per heavy atom. The number of benzene rings is 1. The van der Waals surface area contributed by atoms with Gasteiger partial charge in [-0.1, -0.05) is 0 Å². The maximum absolute atomic E-state index is 12.2. The zero-order chi connectivity index (χ0) is 11.8. The third-order valence-electron chi connectivity index (χ3n) is 2.46. The molecular formula is C12H7BrN2OSe. The minimum absolute atomic E-state index is 0.00609. The molecule has 0 aliphatic carbocycles. The van der Waals surface area contributed by atoms with Gasteiger partial charge in [-0.3, -0.25) is 0 Å². The van der Waals surface area contributed by atoms with E-state index in [1.165, 1.54) is 0 Å². The number of aromatic nitrogens is 2. The second-order valence-corrected chi connectivity index (χ2v) is 6.37. The third kappa shape index (κ3) is 1.80. The van der Waals surface area contributed by atoms with Crippen LogP contribution < -0.4 is 5.56 Å². The molecule has 17 heavy (non-hydrogen) atoms. The summed E-state index contributed by atoms with van der Waals surface area (Å²) in [5, 5.41) is 0.802. The topological polar surface area (TPSA) is 34.9 Å². The first kappa shape index (κ1) is 11.0. The zero-order valence-electron chi connectivity index (χ0n) is 8.63. The fourth-order valence-electron chi connectivity index (χ4n) is 1.66. The number of halogens is 1. The molecule has 5 heteroatoms. The van der Waals surface area contributed by atoms with Crippen molar-refractivity contribution in [1.82, 2.24) is 8.55 Å². The summed E-state index contributed by atoms with van der Waals surface area (Å²) in [6.07, 6.45) is 3.41. The molecule has 2 aromatic heterocycles. The summed E-state index contributed by atoms with van der Waals surface area (Å²) >= 11 is 3.49. The summed E-state index contributed by atoms with van der Waals surface area (Å²) in [4.78, 5) is 16.2. The van der Waals surface area contributed by atoms with Gasteiger partial charge >= 0.3 is 112 Å². The molecule has 3 aromatic rings. The van der Waals surface area contributed by atoms with Gasteiger partial charge in [0.15, 0.2) is 0 Å². The van der Waals surface area contributed by atoms with Crippen molar-refractivity contribution < 1.29 is 0 Å². The van der Waals surface area contributed by atoms with Crippen LogP contribution in [-0.2, 0) is 0 Å². The normalized spacial score (nSPS) is 10.9. The molecule has 0 saturated heterocycles. The van der Waals surface area contributed by atoms with Crippen LogP contribution in [0.4, 0.5) is 0 Å². The van der Waals surface area contributed by atoms with E-state index in [4.69, 9.17) is 0 Å². The van der Waals surface area contributed by atoms with E-state index in [1.54, 1.807) is 12.4 Å². The van der Waals surface area contributed by atoms with Crippen LogP contribution in [0, 0.1) is 0 Å². The fraction of sp³-hybridized carbons (Fsp3) is 0. The molecule has 0 radical (unpaired) electrons. The molecule has 3 rings (SSSR count). The molecule has 0 atom stereocenters. The number of fused-ring (bicyclic) bond motifs is 1. The molecule has 0 amide bonds. The molecular weight excluding hydrogens is 347 g/mol. The second-order valence-electron chi connectivity index (χ2n) is 3.51. The Bertz CT molecular complexity index is 733. The van der Waals surface area contributed by atoms with E-state index in [0.29, 0.717) is 0 Å². The van der Waals surface area contributed by atoms with E-state index >= 15 is 0 Å². The van der Waals surface area contributed by atoms with E-state index < -0.39 is 0 Å². The van der Waals surface area contributed by atoms with Crippen LogP contribution in [0.3, 0.4) is 0 Å². The van der Waals surface area contributed by atoms with Crippen molar-refractivity contribution in [3.8, 4) is 5.69 Å². The third-order valence-corrected chi connectivity index (χ3v) is 6.19. The molecule has 0 bridgehead atoms. The van der Waals surface area contributed by atoms with Crippen LogP contribution in [0.5, 0.6) is 0 Å². The average molecular weight is 354 g/mol. The van der Waals surface area contributed by atoms with Crippen molar-refractivity contribution in [2.24, 2.45) is 0 Å². The number of pyridine rings is 1. The van der Waals surface area contributed by atoms with Gasteiger partial charge in [0.25, 0.3) is 0 Å². The van der Waals surface area contributed by atoms with Gasteiger partial charge in [-0.2, -0.15) is 0 Å². The molecule has 0 fully saturated rings. The van der Waals surface area contributed by atoms with Gasteiger partial charge in [-0.05, 0) is 0 Å². The molecule has 3 nitrogen and oxygen atoms in total. The van der Waals surface area contributed by atoms with Gasteiger partial charge in [0.2, 0.25) is 0 Å². The van der Waals surface area contributed by atoms with Gasteiger partial charge in [-0.25, -0.2) is 0 Å². The molecule has 0 N–H and O–H groups in total. The SMILES string of the molecule is O=c1c2cccc(Br)c2[se]n1-c1ccncc1. The fourth-order valence-corrected chi connectivity index (χ4v) is 4.50. The van der Waals surface area contributed by atoms with Crippen LogP contribution >= 0.6 is 15.9 Å².